The van der Waals surface area contributed by atoms with Gasteiger partial charge < -0.3 is 19.9 Å². The van der Waals surface area contributed by atoms with Crippen LogP contribution in [0.25, 0.3) is 17.0 Å². The number of nitrogens with one attached hydrogen (secondary N) is 2. The van der Waals surface area contributed by atoms with Crippen molar-refractivity contribution in [3.05, 3.63) is 65.9 Å². The third kappa shape index (κ3) is 6.24. The van der Waals surface area contributed by atoms with Crippen molar-refractivity contribution in [1.82, 2.24) is 24.8 Å². The molecule has 0 unspecified atom stereocenters. The summed E-state index contributed by atoms with van der Waals surface area (Å²) in [7, 11) is 0. The molecule has 3 aromatic heterocycles. The molecule has 0 radical (unpaired) electrons. The zero-order valence-electron chi connectivity index (χ0n) is 19.0. The second-order valence-electron chi connectivity index (χ2n) is 7.76. The zero-order valence-corrected chi connectivity index (χ0v) is 19.0. The Labute approximate surface area is 202 Å². The number of carbonyl (C=O) groups excluding carboxylic acids is 2. The van der Waals surface area contributed by atoms with E-state index in [0.29, 0.717) is 22.6 Å². The van der Waals surface area contributed by atoms with Crippen molar-refractivity contribution < 1.29 is 32.0 Å². The molecule has 188 valence electrons. The molecule has 3 heterocycles. The number of anilines is 1. The van der Waals surface area contributed by atoms with E-state index in [2.05, 4.69) is 30.5 Å². The first-order valence-corrected chi connectivity index (χ1v) is 10.8. The highest BCUT2D eigenvalue weighted by molar-refractivity contribution is 6.04. The Morgan fingerprint density at radius 1 is 1.19 bits per heavy atom. The van der Waals surface area contributed by atoms with Crippen LogP contribution in [-0.4, -0.2) is 50.7 Å². The molecule has 0 spiro atoms. The molecule has 0 bridgehead atoms. The number of rotatable bonds is 9. The number of aromatic nitrogens is 4. The van der Waals surface area contributed by atoms with Gasteiger partial charge in [-0.05, 0) is 30.7 Å². The summed E-state index contributed by atoms with van der Waals surface area (Å²) in [5, 5.41) is 9.24. The van der Waals surface area contributed by atoms with Crippen LogP contribution in [0.5, 0.6) is 0 Å². The first-order chi connectivity index (χ1) is 17.2. The summed E-state index contributed by atoms with van der Waals surface area (Å²) in [6, 6.07) is 10.7. The second kappa shape index (κ2) is 10.6. The van der Waals surface area contributed by atoms with Crippen molar-refractivity contribution in [3.8, 4) is 11.4 Å². The molecule has 4 aromatic rings. The summed E-state index contributed by atoms with van der Waals surface area (Å²) in [5.74, 6) is -0.529. The molecule has 1 aromatic carbocycles. The van der Waals surface area contributed by atoms with Crippen LogP contribution < -0.4 is 10.6 Å². The number of hydrogen-bond acceptors (Lipinski definition) is 7. The quantitative estimate of drug-likeness (QED) is 0.336. The second-order valence-corrected chi connectivity index (χ2v) is 7.76. The van der Waals surface area contributed by atoms with E-state index >= 15 is 0 Å². The monoisotopic (exact) mass is 502 g/mol. The molecule has 4 rings (SSSR count). The summed E-state index contributed by atoms with van der Waals surface area (Å²) >= 11 is 0. The number of alkyl halides is 3. The number of aryl methyl sites for hydroxylation is 1. The molecule has 0 saturated heterocycles. The predicted molar refractivity (Wildman–Crippen MR) is 121 cm³/mol. The Morgan fingerprint density at radius 3 is 2.83 bits per heavy atom. The van der Waals surface area contributed by atoms with Gasteiger partial charge in [-0.2, -0.15) is 18.2 Å². The molecule has 0 saturated carbocycles. The normalized spacial score (nSPS) is 11.6. The topological polar surface area (TPSA) is 124 Å². The molecular weight excluding hydrogens is 481 g/mol. The SMILES string of the molecule is Cc1ccc(-c2noc(CNC(=O)CCOCC(F)(F)F)n2)cc1NC(=O)c1cnc2ccccn12. The van der Waals surface area contributed by atoms with Gasteiger partial charge in [0.25, 0.3) is 5.91 Å². The molecule has 2 amide bonds. The highest BCUT2D eigenvalue weighted by atomic mass is 19.4. The van der Waals surface area contributed by atoms with E-state index in [9.17, 15) is 22.8 Å². The minimum absolute atomic E-state index is 0.102. The molecule has 0 aliphatic rings. The number of halogens is 3. The van der Waals surface area contributed by atoms with Crippen molar-refractivity contribution >= 4 is 23.1 Å². The lowest BCUT2D eigenvalue weighted by Gasteiger charge is -2.09. The van der Waals surface area contributed by atoms with Crippen LogP contribution >= 0.6 is 0 Å². The Balaban J connectivity index is 1.36. The number of nitrogens with zero attached hydrogens (tertiary/aromatic N) is 4. The Morgan fingerprint density at radius 2 is 2.03 bits per heavy atom. The van der Waals surface area contributed by atoms with Gasteiger partial charge in [0.1, 0.15) is 17.9 Å². The van der Waals surface area contributed by atoms with Crippen molar-refractivity contribution in [2.45, 2.75) is 26.1 Å². The maximum atomic E-state index is 12.9. The van der Waals surface area contributed by atoms with Gasteiger partial charge in [0, 0.05) is 23.9 Å². The van der Waals surface area contributed by atoms with E-state index in [-0.39, 0.29) is 37.2 Å². The summed E-state index contributed by atoms with van der Waals surface area (Å²) in [5.41, 5.74) is 2.94. The molecule has 0 atom stereocenters. The summed E-state index contributed by atoms with van der Waals surface area (Å²) in [6.07, 6.45) is -1.45. The fourth-order valence-electron chi connectivity index (χ4n) is 3.24. The molecule has 36 heavy (non-hydrogen) atoms. The fourth-order valence-corrected chi connectivity index (χ4v) is 3.24. The number of pyridine rings is 1. The molecule has 0 aliphatic carbocycles. The van der Waals surface area contributed by atoms with Crippen LogP contribution in [0, 0.1) is 6.92 Å². The molecule has 2 N–H and O–H groups in total. The lowest BCUT2D eigenvalue weighted by atomic mass is 10.1. The van der Waals surface area contributed by atoms with E-state index in [1.54, 1.807) is 40.9 Å². The molecular formula is C23H21F3N6O4. The zero-order chi connectivity index (χ0) is 25.7. The van der Waals surface area contributed by atoms with Crippen LogP contribution in [0.1, 0.15) is 28.4 Å². The van der Waals surface area contributed by atoms with Crippen LogP contribution in [0.15, 0.2) is 53.3 Å². The minimum atomic E-state index is -4.44. The highest BCUT2D eigenvalue weighted by Crippen LogP contribution is 2.24. The first kappa shape index (κ1) is 24.9. The molecule has 0 aliphatic heterocycles. The molecule has 10 nitrogen and oxygen atoms in total. The smallest absolute Gasteiger partial charge is 0.372 e. The summed E-state index contributed by atoms with van der Waals surface area (Å²) in [4.78, 5) is 33.1. The standard InChI is InChI=1S/C23H21F3N6O4/c1-14-5-6-15(10-16(14)29-22(34)17-11-27-18-4-2-3-8-32(17)18)21-30-20(36-31-21)12-28-19(33)7-9-35-13-23(24,25)26/h2-6,8,10-11H,7,9,12-13H2,1H3,(H,28,33)(H,29,34). The lowest BCUT2D eigenvalue weighted by molar-refractivity contribution is -0.174. The third-order valence-electron chi connectivity index (χ3n) is 5.04. The highest BCUT2D eigenvalue weighted by Gasteiger charge is 2.27. The van der Waals surface area contributed by atoms with E-state index in [1.807, 2.05) is 13.0 Å². The third-order valence-corrected chi connectivity index (χ3v) is 5.04. The largest absolute Gasteiger partial charge is 0.411 e. The van der Waals surface area contributed by atoms with E-state index in [1.165, 1.54) is 6.20 Å². The van der Waals surface area contributed by atoms with Crippen LogP contribution in [0.3, 0.4) is 0 Å². The van der Waals surface area contributed by atoms with Gasteiger partial charge >= 0.3 is 6.18 Å². The van der Waals surface area contributed by atoms with Crippen LogP contribution in [0.4, 0.5) is 18.9 Å². The summed E-state index contributed by atoms with van der Waals surface area (Å²) < 4.78 is 47.4. The fraction of sp³-hybridized carbons (Fsp3) is 0.261. The Hall–Kier alpha value is -4.26. The number of ether oxygens (including phenoxy) is 1. The number of amides is 2. The van der Waals surface area contributed by atoms with Gasteiger partial charge in [-0.1, -0.05) is 23.4 Å². The van der Waals surface area contributed by atoms with Gasteiger partial charge in [-0.25, -0.2) is 4.98 Å². The van der Waals surface area contributed by atoms with Crippen LogP contribution in [0.2, 0.25) is 0 Å². The number of fused-ring (bicyclic) bond motifs is 1. The van der Waals surface area contributed by atoms with Crippen molar-refractivity contribution in [1.29, 1.82) is 0 Å². The molecule has 13 heteroatoms. The number of carbonyl (C=O) groups is 2. The number of imidazole rings is 1. The summed E-state index contributed by atoms with van der Waals surface area (Å²) in [6.45, 7) is -0.0446. The van der Waals surface area contributed by atoms with Crippen LogP contribution in [-0.2, 0) is 16.1 Å². The number of hydrogen-bond donors (Lipinski definition) is 2. The van der Waals surface area contributed by atoms with E-state index in [0.717, 1.165) is 5.56 Å². The predicted octanol–water partition coefficient (Wildman–Crippen LogP) is 3.53. The van der Waals surface area contributed by atoms with Crippen molar-refractivity contribution in [3.63, 3.8) is 0 Å². The van der Waals surface area contributed by atoms with E-state index < -0.39 is 18.7 Å². The average Bonchev–Trinajstić information content (AvgIpc) is 3.49. The van der Waals surface area contributed by atoms with Gasteiger partial charge in [-0.15, -0.1) is 0 Å². The lowest BCUT2D eigenvalue weighted by Crippen LogP contribution is -2.25. The maximum absolute atomic E-state index is 12.9. The van der Waals surface area contributed by atoms with E-state index in [4.69, 9.17) is 4.52 Å². The maximum Gasteiger partial charge on any atom is 0.411 e. The van der Waals surface area contributed by atoms with Gasteiger partial charge in [-0.3, -0.25) is 14.0 Å². The van der Waals surface area contributed by atoms with Crippen molar-refractivity contribution in [2.75, 3.05) is 18.5 Å². The Kier molecular flexibility index (Phi) is 7.29. The van der Waals surface area contributed by atoms with Gasteiger partial charge in [0.15, 0.2) is 0 Å². The van der Waals surface area contributed by atoms with Crippen molar-refractivity contribution in [2.24, 2.45) is 0 Å². The Bertz CT molecular complexity index is 1380. The van der Waals surface area contributed by atoms with Gasteiger partial charge in [0.05, 0.1) is 19.3 Å². The minimum Gasteiger partial charge on any atom is -0.372 e. The average molecular weight is 502 g/mol. The van der Waals surface area contributed by atoms with Gasteiger partial charge in [0.2, 0.25) is 17.6 Å². The number of benzene rings is 1. The molecule has 0 fully saturated rings. The first-order valence-electron chi connectivity index (χ1n) is 10.8.